The van der Waals surface area contributed by atoms with Crippen molar-refractivity contribution in [1.29, 1.82) is 0 Å². The number of likely N-dealkylation sites (tertiary alicyclic amines) is 1. The summed E-state index contributed by atoms with van der Waals surface area (Å²) in [7, 11) is 0. The number of hydrogen-bond donors (Lipinski definition) is 2. The van der Waals surface area contributed by atoms with Gasteiger partial charge in [-0.3, -0.25) is 4.90 Å². The summed E-state index contributed by atoms with van der Waals surface area (Å²) < 4.78 is 14.1. The van der Waals surface area contributed by atoms with Crippen LogP contribution in [-0.2, 0) is 0 Å². The van der Waals surface area contributed by atoms with Gasteiger partial charge in [0.15, 0.2) is 0 Å². The summed E-state index contributed by atoms with van der Waals surface area (Å²) in [6.45, 7) is 5.58. The quantitative estimate of drug-likeness (QED) is 0.890. The lowest BCUT2D eigenvalue weighted by Gasteiger charge is -2.42. The normalized spacial score (nSPS) is 27.2. The van der Waals surface area contributed by atoms with Crippen molar-refractivity contribution in [3.05, 3.63) is 35.6 Å². The van der Waals surface area contributed by atoms with Gasteiger partial charge in [-0.1, -0.05) is 32.0 Å². The molecule has 1 fully saturated rings. The molecule has 0 amide bonds. The molecule has 20 heavy (non-hydrogen) atoms. The highest BCUT2D eigenvalue weighted by Crippen LogP contribution is 2.31. The molecule has 0 aliphatic carbocycles. The molecular formula is C16H25FN2O. The second-order valence-corrected chi connectivity index (χ2v) is 5.87. The molecule has 3 nitrogen and oxygen atoms in total. The number of halogens is 1. The molecule has 0 aromatic heterocycles. The van der Waals surface area contributed by atoms with Crippen molar-refractivity contribution >= 4 is 0 Å². The Morgan fingerprint density at radius 1 is 1.45 bits per heavy atom. The van der Waals surface area contributed by atoms with Crippen LogP contribution in [0.15, 0.2) is 24.3 Å². The number of aliphatic hydroxyl groups excluding tert-OH is 1. The Balaban J connectivity index is 2.27. The lowest BCUT2D eigenvalue weighted by molar-refractivity contribution is 0.0105. The van der Waals surface area contributed by atoms with Crippen LogP contribution in [0.1, 0.15) is 38.3 Å². The van der Waals surface area contributed by atoms with Gasteiger partial charge in [-0.2, -0.15) is 0 Å². The predicted molar refractivity (Wildman–Crippen MR) is 78.8 cm³/mol. The van der Waals surface area contributed by atoms with Crippen molar-refractivity contribution < 1.29 is 9.50 Å². The zero-order valence-corrected chi connectivity index (χ0v) is 12.3. The van der Waals surface area contributed by atoms with Crippen LogP contribution >= 0.6 is 0 Å². The summed E-state index contributed by atoms with van der Waals surface area (Å²) in [6.07, 6.45) is 1.26. The lowest BCUT2D eigenvalue weighted by atomic mass is 9.90. The molecule has 1 aliphatic rings. The molecule has 1 aliphatic heterocycles. The van der Waals surface area contributed by atoms with E-state index in [2.05, 4.69) is 4.90 Å². The number of aliphatic hydroxyl groups is 1. The molecule has 4 unspecified atom stereocenters. The SMILES string of the molecule is CCC(N)C(c1ccccc1F)N1CCC(O)C(C)C1. The Kier molecular flexibility index (Phi) is 5.13. The first-order valence-electron chi connectivity index (χ1n) is 7.46. The van der Waals surface area contributed by atoms with Crippen molar-refractivity contribution in [2.45, 2.75) is 44.9 Å². The van der Waals surface area contributed by atoms with Crippen LogP contribution in [-0.4, -0.2) is 35.2 Å². The van der Waals surface area contributed by atoms with E-state index in [1.54, 1.807) is 6.07 Å². The highest BCUT2D eigenvalue weighted by molar-refractivity contribution is 5.23. The molecule has 4 atom stereocenters. The van der Waals surface area contributed by atoms with Gasteiger partial charge in [-0.15, -0.1) is 0 Å². The van der Waals surface area contributed by atoms with Gasteiger partial charge in [0, 0.05) is 24.7 Å². The third-order valence-electron chi connectivity index (χ3n) is 4.39. The highest BCUT2D eigenvalue weighted by Gasteiger charge is 2.33. The van der Waals surface area contributed by atoms with Gasteiger partial charge in [0.1, 0.15) is 5.82 Å². The fourth-order valence-electron chi connectivity index (χ4n) is 3.05. The maximum atomic E-state index is 14.1. The van der Waals surface area contributed by atoms with Crippen LogP contribution in [0.4, 0.5) is 4.39 Å². The second kappa shape index (κ2) is 6.66. The van der Waals surface area contributed by atoms with E-state index in [9.17, 15) is 9.50 Å². The maximum absolute atomic E-state index is 14.1. The summed E-state index contributed by atoms with van der Waals surface area (Å²) in [4.78, 5) is 2.23. The zero-order chi connectivity index (χ0) is 14.7. The summed E-state index contributed by atoms with van der Waals surface area (Å²) >= 11 is 0. The van der Waals surface area contributed by atoms with Gasteiger partial charge in [-0.05, 0) is 24.8 Å². The summed E-state index contributed by atoms with van der Waals surface area (Å²) in [5.74, 6) is 0.00209. The van der Waals surface area contributed by atoms with E-state index >= 15 is 0 Å². The molecule has 0 radical (unpaired) electrons. The summed E-state index contributed by atoms with van der Waals surface area (Å²) in [5.41, 5.74) is 6.93. The lowest BCUT2D eigenvalue weighted by Crippen LogP contribution is -2.48. The molecular weight excluding hydrogens is 255 g/mol. The Hall–Kier alpha value is -0.970. The minimum absolute atomic E-state index is 0.102. The maximum Gasteiger partial charge on any atom is 0.128 e. The number of rotatable bonds is 4. The number of nitrogens with two attached hydrogens (primary N) is 1. The third-order valence-corrected chi connectivity index (χ3v) is 4.39. The van der Waals surface area contributed by atoms with Crippen LogP contribution in [0.2, 0.25) is 0 Å². The first kappa shape index (κ1) is 15.4. The minimum Gasteiger partial charge on any atom is -0.393 e. The fraction of sp³-hybridized carbons (Fsp3) is 0.625. The van der Waals surface area contributed by atoms with Gasteiger partial charge in [0.25, 0.3) is 0 Å². The van der Waals surface area contributed by atoms with Gasteiger partial charge in [0.05, 0.1) is 12.1 Å². The smallest absolute Gasteiger partial charge is 0.128 e. The van der Waals surface area contributed by atoms with E-state index in [0.29, 0.717) is 5.56 Å². The number of nitrogens with zero attached hydrogens (tertiary/aromatic N) is 1. The fourth-order valence-corrected chi connectivity index (χ4v) is 3.05. The van der Waals surface area contributed by atoms with Crippen LogP contribution in [0, 0.1) is 11.7 Å². The van der Waals surface area contributed by atoms with Gasteiger partial charge in [-0.25, -0.2) is 4.39 Å². The van der Waals surface area contributed by atoms with E-state index in [1.807, 2.05) is 26.0 Å². The van der Waals surface area contributed by atoms with Gasteiger partial charge < -0.3 is 10.8 Å². The molecule has 1 saturated heterocycles. The van der Waals surface area contributed by atoms with E-state index in [0.717, 1.165) is 25.9 Å². The number of piperidine rings is 1. The van der Waals surface area contributed by atoms with Crippen molar-refractivity contribution in [3.63, 3.8) is 0 Å². The predicted octanol–water partition coefficient (Wildman–Crippen LogP) is 2.31. The average molecular weight is 280 g/mol. The van der Waals surface area contributed by atoms with Crippen LogP contribution in [0.25, 0.3) is 0 Å². The van der Waals surface area contributed by atoms with Crippen molar-refractivity contribution in [3.8, 4) is 0 Å². The van der Waals surface area contributed by atoms with Crippen molar-refractivity contribution in [2.24, 2.45) is 11.7 Å². The Morgan fingerprint density at radius 2 is 2.15 bits per heavy atom. The molecule has 2 rings (SSSR count). The van der Waals surface area contributed by atoms with Gasteiger partial charge >= 0.3 is 0 Å². The minimum atomic E-state index is -0.259. The number of hydrogen-bond acceptors (Lipinski definition) is 3. The molecule has 3 N–H and O–H groups in total. The largest absolute Gasteiger partial charge is 0.393 e. The summed E-state index contributed by atoms with van der Waals surface area (Å²) in [6, 6.07) is 6.66. The van der Waals surface area contributed by atoms with Crippen molar-refractivity contribution in [1.82, 2.24) is 4.90 Å². The van der Waals surface area contributed by atoms with E-state index < -0.39 is 0 Å². The molecule has 1 heterocycles. The third kappa shape index (κ3) is 3.19. The Morgan fingerprint density at radius 3 is 2.75 bits per heavy atom. The zero-order valence-electron chi connectivity index (χ0n) is 12.3. The average Bonchev–Trinajstić information content (AvgIpc) is 2.44. The van der Waals surface area contributed by atoms with Gasteiger partial charge in [0.2, 0.25) is 0 Å². The Bertz CT molecular complexity index is 440. The topological polar surface area (TPSA) is 49.5 Å². The molecule has 112 valence electrons. The molecule has 0 spiro atoms. The van der Waals surface area contributed by atoms with E-state index in [4.69, 9.17) is 5.73 Å². The monoisotopic (exact) mass is 280 g/mol. The van der Waals surface area contributed by atoms with Crippen LogP contribution in [0.5, 0.6) is 0 Å². The molecule has 1 aromatic rings. The molecule has 4 heteroatoms. The van der Waals surface area contributed by atoms with Crippen molar-refractivity contribution in [2.75, 3.05) is 13.1 Å². The Labute approximate surface area is 120 Å². The number of benzene rings is 1. The molecule has 1 aromatic carbocycles. The second-order valence-electron chi connectivity index (χ2n) is 5.87. The van der Waals surface area contributed by atoms with Crippen LogP contribution in [0.3, 0.4) is 0 Å². The van der Waals surface area contributed by atoms with E-state index in [-0.39, 0.29) is 29.9 Å². The summed E-state index contributed by atoms with van der Waals surface area (Å²) in [5, 5.41) is 9.87. The first-order valence-corrected chi connectivity index (χ1v) is 7.46. The standard InChI is InChI=1S/C16H25FN2O/c1-3-14(18)16(12-6-4-5-7-13(12)17)19-9-8-15(20)11(2)10-19/h4-7,11,14-16,20H,3,8-10,18H2,1-2H3. The first-order chi connectivity index (χ1) is 9.54. The molecule has 0 bridgehead atoms. The van der Waals surface area contributed by atoms with E-state index in [1.165, 1.54) is 6.07 Å². The molecule has 0 saturated carbocycles. The van der Waals surface area contributed by atoms with Crippen LogP contribution < -0.4 is 5.73 Å². The highest BCUT2D eigenvalue weighted by atomic mass is 19.1.